The van der Waals surface area contributed by atoms with E-state index in [0.717, 1.165) is 83.7 Å². The van der Waals surface area contributed by atoms with Crippen LogP contribution in [0.15, 0.2) is 121 Å². The van der Waals surface area contributed by atoms with Gasteiger partial charge >= 0.3 is 19.5 Å². The van der Waals surface area contributed by atoms with Crippen molar-refractivity contribution >= 4 is 45.9 Å². The summed E-state index contributed by atoms with van der Waals surface area (Å²) in [5, 5.41) is 0. The molecule has 55 heavy (non-hydrogen) atoms. The molecule has 0 amide bonds. The minimum Gasteiger partial charge on any atom is -0.657 e. The molecule has 0 radical (unpaired) electrons. The zero-order valence-electron chi connectivity index (χ0n) is 31.4. The molecule has 2 aliphatic heterocycles. The van der Waals surface area contributed by atoms with E-state index in [-0.39, 0.29) is 19.5 Å². The van der Waals surface area contributed by atoms with Crippen molar-refractivity contribution in [3.63, 3.8) is 0 Å². The van der Waals surface area contributed by atoms with Gasteiger partial charge in [0, 0.05) is 0 Å². The van der Waals surface area contributed by atoms with Crippen molar-refractivity contribution in [2.24, 2.45) is 0 Å². The number of allylic oxidation sites excluding steroid dienone is 1. The standard InChI is InChI=1S/C50H36N4.Zn/c1-6-34-29-45-48(37-19-11-32(4)12-20-37)43-26-25-41(52-43)46(35-15-7-30(2)8-16-35)39-23-24-40(51-39)47(36-17-9-31(3)10-18-36)42-27-28-44(53-42)49(50(34)54-45)38-21-13-33(5)14-22-38;/h1,7-29H,2-5H3;/q-2;+2. The van der Waals surface area contributed by atoms with Gasteiger partial charge in [-0.1, -0.05) is 150 Å². The largest absolute Gasteiger partial charge is 2.00 e. The maximum absolute atomic E-state index is 6.33. The van der Waals surface area contributed by atoms with Gasteiger partial charge in [0.05, 0.1) is 28.3 Å². The second kappa shape index (κ2) is 14.5. The first-order valence-corrected chi connectivity index (χ1v) is 18.2. The first-order valence-electron chi connectivity index (χ1n) is 18.2. The third-order valence-corrected chi connectivity index (χ3v) is 10.2. The van der Waals surface area contributed by atoms with Gasteiger partial charge in [-0.05, 0) is 90.4 Å². The Labute approximate surface area is 334 Å². The Kier molecular flexibility index (Phi) is 9.39. The second-order valence-electron chi connectivity index (χ2n) is 14.2. The summed E-state index contributed by atoms with van der Waals surface area (Å²) >= 11 is 0. The predicted molar refractivity (Wildman–Crippen MR) is 225 cm³/mol. The number of hydrogen-bond acceptors (Lipinski definition) is 2. The molecule has 2 aliphatic rings. The summed E-state index contributed by atoms with van der Waals surface area (Å²) in [5.74, 6) is 2.98. The molecule has 0 unspecified atom stereocenters. The van der Waals surface area contributed by atoms with E-state index in [4.69, 9.17) is 26.4 Å². The molecule has 3 aromatic heterocycles. The number of fused-ring (bicyclic) bond motifs is 8. The topological polar surface area (TPSA) is 54.0 Å². The molecule has 4 nitrogen and oxygen atoms in total. The van der Waals surface area contributed by atoms with Gasteiger partial charge in [-0.3, -0.25) is 0 Å². The Morgan fingerprint density at radius 1 is 0.418 bits per heavy atom. The van der Waals surface area contributed by atoms with Crippen molar-refractivity contribution in [1.29, 1.82) is 0 Å². The second-order valence-corrected chi connectivity index (χ2v) is 14.2. The van der Waals surface area contributed by atoms with Gasteiger partial charge in [0.1, 0.15) is 0 Å². The Balaban J connectivity index is 0.00000427. The molecule has 5 heterocycles. The van der Waals surface area contributed by atoms with Crippen molar-refractivity contribution in [3.8, 4) is 56.9 Å². The van der Waals surface area contributed by atoms with Crippen LogP contribution in [0.4, 0.5) is 0 Å². The third kappa shape index (κ3) is 6.61. The molecular formula is C50H36N4Zn. The molecule has 0 fully saturated rings. The Morgan fingerprint density at radius 2 is 0.745 bits per heavy atom. The van der Waals surface area contributed by atoms with Crippen molar-refractivity contribution in [2.45, 2.75) is 27.7 Å². The SMILES string of the molecule is C#CC1=Cc2nc1c(-c1ccc(C)cc1)c1ccc([n-]1)c(-c1ccc(C)cc1)c1nc(c(-c3ccc(C)cc3)c3ccc([n-]3)c2-c2ccc(C)cc2)C=C1.[Zn+2]. The fourth-order valence-corrected chi connectivity index (χ4v) is 7.34. The van der Waals surface area contributed by atoms with Crippen molar-refractivity contribution in [1.82, 2.24) is 19.9 Å². The van der Waals surface area contributed by atoms with Crippen LogP contribution in [0, 0.1) is 40.0 Å². The summed E-state index contributed by atoms with van der Waals surface area (Å²) in [4.78, 5) is 21.5. The number of rotatable bonds is 4. The first-order chi connectivity index (χ1) is 26.3. The van der Waals surface area contributed by atoms with E-state index in [2.05, 4.69) is 167 Å². The van der Waals surface area contributed by atoms with Crippen LogP contribution in [0.3, 0.4) is 0 Å². The molecule has 4 aromatic carbocycles. The number of aryl methyl sites for hydroxylation is 4. The Hall–Kier alpha value is -6.34. The van der Waals surface area contributed by atoms with Crippen LogP contribution in [-0.4, -0.2) is 9.97 Å². The number of aromatic nitrogens is 4. The molecule has 7 aromatic rings. The van der Waals surface area contributed by atoms with Gasteiger partial charge in [0.2, 0.25) is 0 Å². The summed E-state index contributed by atoms with van der Waals surface area (Å²) in [6.45, 7) is 8.39. The van der Waals surface area contributed by atoms with Crippen LogP contribution in [-0.2, 0) is 19.5 Å². The van der Waals surface area contributed by atoms with Crippen molar-refractivity contribution in [2.75, 3.05) is 0 Å². The van der Waals surface area contributed by atoms with E-state index >= 15 is 0 Å². The van der Waals surface area contributed by atoms with Crippen LogP contribution in [0.1, 0.15) is 45.0 Å². The average Bonchev–Trinajstić information content (AvgIpc) is 4.01. The van der Waals surface area contributed by atoms with Gasteiger partial charge in [0.25, 0.3) is 0 Å². The smallest absolute Gasteiger partial charge is 0.657 e. The van der Waals surface area contributed by atoms with E-state index in [0.29, 0.717) is 11.3 Å². The van der Waals surface area contributed by atoms with Gasteiger partial charge in [-0.2, -0.15) is 0 Å². The summed E-state index contributed by atoms with van der Waals surface area (Å²) in [6, 6.07) is 42.5. The molecule has 0 atom stereocenters. The van der Waals surface area contributed by atoms with Gasteiger partial charge < -0.3 is 9.97 Å². The molecule has 0 saturated carbocycles. The maximum atomic E-state index is 6.33. The van der Waals surface area contributed by atoms with Crippen LogP contribution < -0.4 is 9.97 Å². The van der Waals surface area contributed by atoms with Crippen molar-refractivity contribution < 1.29 is 19.5 Å². The third-order valence-electron chi connectivity index (χ3n) is 10.2. The zero-order valence-corrected chi connectivity index (χ0v) is 34.3. The maximum Gasteiger partial charge on any atom is 2.00 e. The predicted octanol–water partition coefficient (Wildman–Crippen LogP) is 11.8. The van der Waals surface area contributed by atoms with Crippen LogP contribution in [0.5, 0.6) is 0 Å². The average molecular weight is 758 g/mol. The van der Waals surface area contributed by atoms with Crippen LogP contribution >= 0.6 is 0 Å². The first kappa shape index (κ1) is 35.7. The number of benzene rings is 4. The van der Waals surface area contributed by atoms with Crippen LogP contribution in [0.25, 0.3) is 90.4 Å². The number of hydrogen-bond donors (Lipinski definition) is 0. The number of terminal acetylenes is 1. The summed E-state index contributed by atoms with van der Waals surface area (Å²) < 4.78 is 0. The molecule has 9 rings (SSSR count). The molecule has 8 bridgehead atoms. The van der Waals surface area contributed by atoms with E-state index in [1.807, 2.05) is 6.08 Å². The van der Waals surface area contributed by atoms with E-state index in [1.165, 1.54) is 22.3 Å². The fraction of sp³-hybridized carbons (Fsp3) is 0.0800. The minimum absolute atomic E-state index is 0. The van der Waals surface area contributed by atoms with E-state index in [1.54, 1.807) is 0 Å². The monoisotopic (exact) mass is 756 g/mol. The fourth-order valence-electron chi connectivity index (χ4n) is 7.34. The summed E-state index contributed by atoms with van der Waals surface area (Å²) in [7, 11) is 0. The Morgan fingerprint density at radius 3 is 1.11 bits per heavy atom. The summed E-state index contributed by atoms with van der Waals surface area (Å²) in [5.41, 5.74) is 19.6. The molecule has 0 N–H and O–H groups in total. The quantitative estimate of drug-likeness (QED) is 0.132. The summed E-state index contributed by atoms with van der Waals surface area (Å²) in [6.07, 6.45) is 12.6. The molecule has 0 spiro atoms. The van der Waals surface area contributed by atoms with Gasteiger partial charge in [0.15, 0.2) is 0 Å². The van der Waals surface area contributed by atoms with Gasteiger partial charge in [-0.15, -0.1) is 28.5 Å². The zero-order chi connectivity index (χ0) is 36.9. The minimum atomic E-state index is 0. The Bertz CT molecular complexity index is 2880. The van der Waals surface area contributed by atoms with E-state index < -0.39 is 0 Å². The molecule has 258 valence electrons. The molecule has 0 saturated heterocycles. The molecular weight excluding hydrogens is 722 g/mol. The van der Waals surface area contributed by atoms with Gasteiger partial charge in [-0.25, -0.2) is 9.97 Å². The van der Waals surface area contributed by atoms with E-state index in [9.17, 15) is 0 Å². The normalized spacial score (nSPS) is 11.9. The van der Waals surface area contributed by atoms with Crippen molar-refractivity contribution in [3.05, 3.63) is 166 Å². The molecule has 5 heteroatoms. The number of nitrogens with zero attached hydrogens (tertiary/aromatic N) is 4. The van der Waals surface area contributed by atoms with Crippen LogP contribution in [0.2, 0.25) is 0 Å². The molecule has 0 aliphatic carbocycles.